The van der Waals surface area contributed by atoms with Gasteiger partial charge in [0.1, 0.15) is 5.78 Å². The molecule has 1 aliphatic rings. The van der Waals surface area contributed by atoms with Crippen LogP contribution in [0.25, 0.3) is 5.57 Å². The molecule has 0 heterocycles. The molecule has 1 aromatic carbocycles. The van der Waals surface area contributed by atoms with Gasteiger partial charge in [-0.2, -0.15) is 0 Å². The van der Waals surface area contributed by atoms with Gasteiger partial charge in [0.25, 0.3) is 0 Å². The Hall–Kier alpha value is -2.79. The summed E-state index contributed by atoms with van der Waals surface area (Å²) >= 11 is 0. The van der Waals surface area contributed by atoms with E-state index in [1.165, 1.54) is 0 Å². The zero-order valence-electron chi connectivity index (χ0n) is 14.3. The van der Waals surface area contributed by atoms with Gasteiger partial charge in [0.05, 0.1) is 5.92 Å². The fraction of sp³-hybridized carbons (Fsp3) is 0.227. The molecule has 0 aliphatic heterocycles. The average molecular weight is 317 g/mol. The highest BCUT2D eigenvalue weighted by Crippen LogP contribution is 2.32. The molecule has 0 bridgehead atoms. The molecule has 2 heteroatoms. The average Bonchev–Trinajstić information content (AvgIpc) is 2.55. The molecule has 1 atom stereocenters. The molecule has 0 amide bonds. The SMILES string of the molecule is C=CC1C#CC/C=C\C(/C(=C(\C)CC(C)=O)c2ccccc2)=C1N. The first-order valence-corrected chi connectivity index (χ1v) is 8.06. The van der Waals surface area contributed by atoms with Crippen molar-refractivity contribution in [2.45, 2.75) is 26.7 Å². The van der Waals surface area contributed by atoms with E-state index in [9.17, 15) is 4.79 Å². The zero-order chi connectivity index (χ0) is 17.5. The van der Waals surface area contributed by atoms with Gasteiger partial charge in [-0.05, 0) is 25.0 Å². The van der Waals surface area contributed by atoms with E-state index in [4.69, 9.17) is 5.73 Å². The maximum absolute atomic E-state index is 11.7. The molecule has 1 aromatic rings. The zero-order valence-corrected chi connectivity index (χ0v) is 14.3. The summed E-state index contributed by atoms with van der Waals surface area (Å²) in [6, 6.07) is 10.0. The first-order valence-electron chi connectivity index (χ1n) is 8.06. The Balaban J connectivity index is 2.71. The molecule has 1 unspecified atom stereocenters. The van der Waals surface area contributed by atoms with Crippen LogP contribution in [0.1, 0.15) is 32.3 Å². The van der Waals surface area contributed by atoms with Gasteiger partial charge in [-0.25, -0.2) is 0 Å². The van der Waals surface area contributed by atoms with E-state index in [2.05, 4.69) is 18.4 Å². The lowest BCUT2D eigenvalue weighted by atomic mass is 9.86. The van der Waals surface area contributed by atoms with Gasteiger partial charge in [0, 0.05) is 24.1 Å². The summed E-state index contributed by atoms with van der Waals surface area (Å²) in [5, 5.41) is 0. The van der Waals surface area contributed by atoms with Crippen LogP contribution in [0, 0.1) is 17.8 Å². The van der Waals surface area contributed by atoms with Crippen molar-refractivity contribution in [1.29, 1.82) is 0 Å². The van der Waals surface area contributed by atoms with Crippen LogP contribution in [0.15, 0.2) is 72.0 Å². The smallest absolute Gasteiger partial charge is 0.133 e. The number of ketones is 1. The molecule has 0 spiro atoms. The molecule has 0 saturated heterocycles. The summed E-state index contributed by atoms with van der Waals surface area (Å²) in [5.41, 5.74) is 11.1. The second kappa shape index (κ2) is 8.17. The van der Waals surface area contributed by atoms with E-state index < -0.39 is 0 Å². The molecular weight excluding hydrogens is 294 g/mol. The molecule has 0 radical (unpaired) electrons. The Morgan fingerprint density at radius 2 is 2.04 bits per heavy atom. The third-order valence-electron chi connectivity index (χ3n) is 3.92. The van der Waals surface area contributed by atoms with Crippen molar-refractivity contribution in [3.05, 3.63) is 77.5 Å². The summed E-state index contributed by atoms with van der Waals surface area (Å²) in [6.07, 6.45) is 6.88. The fourth-order valence-electron chi connectivity index (χ4n) is 2.86. The standard InChI is InChI=1S/C22H23NO/c1-4-18-11-7-6-10-14-20(22(18)23)21(16(2)15-17(3)24)19-12-8-5-9-13-19/h4-5,8-10,12-14,18H,1,6,15,23H2,2-3H3/b14-10-,21-16+,22-20?. The van der Waals surface area contributed by atoms with Crippen molar-refractivity contribution >= 4 is 11.4 Å². The van der Waals surface area contributed by atoms with E-state index in [0.717, 1.165) is 22.3 Å². The second-order valence-corrected chi connectivity index (χ2v) is 5.91. The van der Waals surface area contributed by atoms with E-state index in [1.807, 2.05) is 49.4 Å². The topological polar surface area (TPSA) is 43.1 Å². The van der Waals surface area contributed by atoms with Crippen molar-refractivity contribution in [3.8, 4) is 11.8 Å². The summed E-state index contributed by atoms with van der Waals surface area (Å²) in [4.78, 5) is 11.7. The monoisotopic (exact) mass is 317 g/mol. The number of carbonyl (C=O) groups is 1. The maximum atomic E-state index is 11.7. The van der Waals surface area contributed by atoms with Crippen LogP contribution < -0.4 is 5.73 Å². The lowest BCUT2D eigenvalue weighted by Crippen LogP contribution is -2.13. The van der Waals surface area contributed by atoms with E-state index in [-0.39, 0.29) is 11.7 Å². The molecular formula is C22H23NO. The van der Waals surface area contributed by atoms with Crippen molar-refractivity contribution in [3.63, 3.8) is 0 Å². The third kappa shape index (κ3) is 4.14. The highest BCUT2D eigenvalue weighted by Gasteiger charge is 2.17. The van der Waals surface area contributed by atoms with Crippen molar-refractivity contribution in [2.75, 3.05) is 0 Å². The van der Waals surface area contributed by atoms with Gasteiger partial charge in [0.2, 0.25) is 0 Å². The van der Waals surface area contributed by atoms with Gasteiger partial charge < -0.3 is 5.73 Å². The molecule has 1 aliphatic carbocycles. The predicted octanol–water partition coefficient (Wildman–Crippen LogP) is 4.42. The van der Waals surface area contributed by atoms with E-state index in [0.29, 0.717) is 18.5 Å². The Kier molecular flexibility index (Phi) is 5.98. The highest BCUT2D eigenvalue weighted by atomic mass is 16.1. The normalized spacial score (nSPS) is 19.3. The van der Waals surface area contributed by atoms with E-state index in [1.54, 1.807) is 13.0 Å². The number of rotatable bonds is 5. The number of hydrogen-bond donors (Lipinski definition) is 1. The Morgan fingerprint density at radius 3 is 2.67 bits per heavy atom. The van der Waals surface area contributed by atoms with Crippen molar-refractivity contribution in [1.82, 2.24) is 0 Å². The summed E-state index contributed by atoms with van der Waals surface area (Å²) in [7, 11) is 0. The van der Waals surface area contributed by atoms with Crippen LogP contribution in [0.4, 0.5) is 0 Å². The minimum atomic E-state index is -0.186. The van der Waals surface area contributed by atoms with Crippen LogP contribution in [-0.2, 0) is 4.79 Å². The number of nitrogens with two attached hydrogens (primary N) is 1. The number of allylic oxidation sites excluding steroid dienone is 6. The Morgan fingerprint density at radius 1 is 1.33 bits per heavy atom. The van der Waals surface area contributed by atoms with Gasteiger partial charge >= 0.3 is 0 Å². The van der Waals surface area contributed by atoms with Crippen molar-refractivity contribution < 1.29 is 4.79 Å². The minimum Gasteiger partial charge on any atom is -0.400 e. The first-order chi connectivity index (χ1) is 11.5. The molecule has 24 heavy (non-hydrogen) atoms. The lowest BCUT2D eigenvalue weighted by Gasteiger charge is -2.19. The van der Waals surface area contributed by atoms with Gasteiger partial charge in [0.15, 0.2) is 0 Å². The maximum Gasteiger partial charge on any atom is 0.133 e. The molecule has 122 valence electrons. The van der Waals surface area contributed by atoms with Crippen LogP contribution in [0.3, 0.4) is 0 Å². The van der Waals surface area contributed by atoms with Crippen LogP contribution in [0.5, 0.6) is 0 Å². The minimum absolute atomic E-state index is 0.134. The van der Waals surface area contributed by atoms with E-state index >= 15 is 0 Å². The summed E-state index contributed by atoms with van der Waals surface area (Å²) in [6.45, 7) is 7.45. The molecule has 0 saturated carbocycles. The lowest BCUT2D eigenvalue weighted by molar-refractivity contribution is -0.116. The van der Waals surface area contributed by atoms with Gasteiger partial charge in [-0.3, -0.25) is 4.79 Å². The molecule has 0 fully saturated rings. The largest absolute Gasteiger partial charge is 0.400 e. The predicted molar refractivity (Wildman–Crippen MR) is 101 cm³/mol. The Bertz CT molecular complexity index is 782. The van der Waals surface area contributed by atoms with Gasteiger partial charge in [-0.1, -0.05) is 66.0 Å². The molecule has 0 aromatic heterocycles. The molecule has 2 rings (SSSR count). The Labute approximate surface area is 144 Å². The third-order valence-corrected chi connectivity index (χ3v) is 3.92. The summed E-state index contributed by atoms with van der Waals surface area (Å²) < 4.78 is 0. The fourth-order valence-corrected chi connectivity index (χ4v) is 2.86. The van der Waals surface area contributed by atoms with Crippen LogP contribution >= 0.6 is 0 Å². The summed E-state index contributed by atoms with van der Waals surface area (Å²) in [5.74, 6) is 6.18. The van der Waals surface area contributed by atoms with Crippen molar-refractivity contribution in [2.24, 2.45) is 11.7 Å². The first kappa shape index (κ1) is 17.6. The number of benzene rings is 1. The van der Waals surface area contributed by atoms with Crippen LogP contribution in [0.2, 0.25) is 0 Å². The molecule has 2 N–H and O–H groups in total. The number of carbonyl (C=O) groups excluding carboxylic acids is 1. The number of Topliss-reactive ketones (excluding diaryl/α,β-unsaturated/α-hetero) is 1. The second-order valence-electron chi connectivity index (χ2n) is 5.91. The molecule has 2 nitrogen and oxygen atoms in total. The van der Waals surface area contributed by atoms with Gasteiger partial charge in [-0.15, -0.1) is 6.58 Å². The number of hydrogen-bond acceptors (Lipinski definition) is 2. The quantitative estimate of drug-likeness (QED) is 0.645. The van der Waals surface area contributed by atoms with Crippen LogP contribution in [-0.4, -0.2) is 5.78 Å². The highest BCUT2D eigenvalue weighted by molar-refractivity contribution is 5.89.